The number of benzene rings is 2. The number of nitro benzene ring substituents is 1. The lowest BCUT2D eigenvalue weighted by Gasteiger charge is -2.18. The number of ether oxygens (including phenoxy) is 1. The van der Waals surface area contributed by atoms with Gasteiger partial charge in [0.15, 0.2) is 0 Å². The van der Waals surface area contributed by atoms with Crippen LogP contribution in [0, 0.1) is 10.1 Å². The van der Waals surface area contributed by atoms with Gasteiger partial charge in [-0.15, -0.1) is 0 Å². The van der Waals surface area contributed by atoms with Gasteiger partial charge in [0.05, 0.1) is 17.0 Å². The minimum atomic E-state index is -0.798. The van der Waals surface area contributed by atoms with E-state index in [0.29, 0.717) is 12.3 Å². The number of hydrogen-bond donors (Lipinski definition) is 0. The molecule has 0 atom stereocenters. The molecule has 0 spiro atoms. The zero-order valence-electron chi connectivity index (χ0n) is 15.2. The van der Waals surface area contributed by atoms with Crippen molar-refractivity contribution >= 4 is 17.3 Å². The number of carbonyl (C=O) groups is 1. The molecule has 2 aromatic carbocycles. The maximum atomic E-state index is 12.3. The number of rotatable bonds is 5. The van der Waals surface area contributed by atoms with E-state index in [1.807, 2.05) is 18.2 Å². The molecule has 3 aromatic rings. The fraction of sp³-hybridized carbons (Fsp3) is 0.143. The van der Waals surface area contributed by atoms with E-state index >= 15 is 0 Å². The molecule has 2 heterocycles. The van der Waals surface area contributed by atoms with Crippen molar-refractivity contribution in [2.75, 3.05) is 11.4 Å². The molecule has 146 valence electrons. The molecule has 29 heavy (non-hydrogen) atoms. The molecule has 4 rings (SSSR count). The first-order chi connectivity index (χ1) is 14.0. The minimum absolute atomic E-state index is 0.0905. The summed E-state index contributed by atoms with van der Waals surface area (Å²) in [6.45, 7) is 1.27. The van der Waals surface area contributed by atoms with E-state index in [4.69, 9.17) is 9.15 Å². The second kappa shape index (κ2) is 7.59. The van der Waals surface area contributed by atoms with Crippen LogP contribution in [0.4, 0.5) is 11.4 Å². The van der Waals surface area contributed by atoms with Gasteiger partial charge in [0.25, 0.3) is 5.69 Å². The van der Waals surface area contributed by atoms with Gasteiger partial charge in [-0.1, -0.05) is 18.2 Å². The Kier molecular flexibility index (Phi) is 4.82. The Bertz CT molecular complexity index is 1140. The summed E-state index contributed by atoms with van der Waals surface area (Å²) in [4.78, 5) is 36.7. The van der Waals surface area contributed by atoms with E-state index in [9.17, 15) is 19.7 Å². The number of non-ortho nitro benzene ring substituents is 1. The standard InChI is InChI=1S/C21H16N2O6/c24-19-11-17(12-22-10-9-14-3-1-2-4-18(14)22)28-13-20(19)29-21(25)15-5-7-16(8-6-15)23(26)27/h1-8,11,13H,9-10,12H2. The van der Waals surface area contributed by atoms with E-state index in [0.717, 1.165) is 24.9 Å². The van der Waals surface area contributed by atoms with Gasteiger partial charge >= 0.3 is 5.97 Å². The quantitative estimate of drug-likeness (QED) is 0.373. The van der Waals surface area contributed by atoms with Crippen molar-refractivity contribution in [3.63, 3.8) is 0 Å². The van der Waals surface area contributed by atoms with Crippen molar-refractivity contribution in [1.82, 2.24) is 0 Å². The fourth-order valence-electron chi connectivity index (χ4n) is 3.23. The second-order valence-corrected chi connectivity index (χ2v) is 6.57. The lowest BCUT2D eigenvalue weighted by atomic mass is 10.2. The van der Waals surface area contributed by atoms with Gasteiger partial charge in [-0.3, -0.25) is 14.9 Å². The number of fused-ring (bicyclic) bond motifs is 1. The van der Waals surface area contributed by atoms with Crippen LogP contribution >= 0.6 is 0 Å². The zero-order valence-corrected chi connectivity index (χ0v) is 15.2. The van der Waals surface area contributed by atoms with Gasteiger partial charge in [0.1, 0.15) is 12.0 Å². The van der Waals surface area contributed by atoms with E-state index in [1.54, 1.807) is 0 Å². The molecule has 0 fully saturated rings. The van der Waals surface area contributed by atoms with Crippen LogP contribution in [0.2, 0.25) is 0 Å². The van der Waals surface area contributed by atoms with Gasteiger partial charge in [-0.2, -0.15) is 0 Å². The van der Waals surface area contributed by atoms with Crippen LogP contribution in [0.15, 0.2) is 70.1 Å². The van der Waals surface area contributed by atoms with Gasteiger partial charge in [-0.05, 0) is 30.2 Å². The summed E-state index contributed by atoms with van der Waals surface area (Å²) >= 11 is 0. The molecule has 1 aromatic heterocycles. The van der Waals surface area contributed by atoms with Crippen molar-refractivity contribution in [2.24, 2.45) is 0 Å². The third-order valence-electron chi connectivity index (χ3n) is 4.70. The molecule has 0 aliphatic carbocycles. The first-order valence-electron chi connectivity index (χ1n) is 8.92. The number of anilines is 1. The first kappa shape index (κ1) is 18.4. The smallest absolute Gasteiger partial charge is 0.343 e. The summed E-state index contributed by atoms with van der Waals surface area (Å²) in [7, 11) is 0. The molecule has 0 amide bonds. The average Bonchev–Trinajstić information content (AvgIpc) is 3.13. The first-order valence-corrected chi connectivity index (χ1v) is 8.92. The lowest BCUT2D eigenvalue weighted by molar-refractivity contribution is -0.384. The Balaban J connectivity index is 1.46. The second-order valence-electron chi connectivity index (χ2n) is 6.57. The molecular weight excluding hydrogens is 376 g/mol. The molecule has 0 bridgehead atoms. The Morgan fingerprint density at radius 2 is 1.93 bits per heavy atom. The van der Waals surface area contributed by atoms with Crippen LogP contribution in [-0.2, 0) is 13.0 Å². The van der Waals surface area contributed by atoms with Crippen LogP contribution in [0.25, 0.3) is 0 Å². The van der Waals surface area contributed by atoms with E-state index in [2.05, 4.69) is 11.0 Å². The fourth-order valence-corrected chi connectivity index (χ4v) is 3.23. The third kappa shape index (κ3) is 3.86. The molecule has 8 heteroatoms. The molecule has 0 N–H and O–H groups in total. The molecule has 0 saturated heterocycles. The van der Waals surface area contributed by atoms with Crippen LogP contribution in [-0.4, -0.2) is 17.4 Å². The Morgan fingerprint density at radius 1 is 1.17 bits per heavy atom. The number of carbonyl (C=O) groups excluding carboxylic acids is 1. The van der Waals surface area contributed by atoms with Crippen molar-refractivity contribution in [3.05, 3.63) is 98.1 Å². The highest BCUT2D eigenvalue weighted by Gasteiger charge is 2.20. The van der Waals surface area contributed by atoms with Crippen LogP contribution in [0.5, 0.6) is 5.75 Å². The Hall–Kier alpha value is -3.94. The van der Waals surface area contributed by atoms with Crippen molar-refractivity contribution < 1.29 is 18.9 Å². The maximum Gasteiger partial charge on any atom is 0.343 e. The van der Waals surface area contributed by atoms with Crippen molar-refractivity contribution in [3.8, 4) is 5.75 Å². The van der Waals surface area contributed by atoms with E-state index < -0.39 is 16.3 Å². The number of esters is 1. The number of para-hydroxylation sites is 1. The number of nitrogens with zero attached hydrogens (tertiary/aromatic N) is 2. The molecule has 1 aliphatic heterocycles. The van der Waals surface area contributed by atoms with Crippen LogP contribution in [0.3, 0.4) is 0 Å². The summed E-state index contributed by atoms with van der Waals surface area (Å²) in [6, 6.07) is 14.3. The normalized spacial score (nSPS) is 12.5. The molecule has 0 saturated carbocycles. The predicted molar refractivity (Wildman–Crippen MR) is 104 cm³/mol. The average molecular weight is 392 g/mol. The molecule has 0 radical (unpaired) electrons. The summed E-state index contributed by atoms with van der Waals surface area (Å²) in [5.74, 6) is -0.575. The van der Waals surface area contributed by atoms with Gasteiger partial charge in [0.2, 0.25) is 11.2 Å². The van der Waals surface area contributed by atoms with Crippen molar-refractivity contribution in [1.29, 1.82) is 0 Å². The monoisotopic (exact) mass is 392 g/mol. The zero-order chi connectivity index (χ0) is 20.4. The Labute approximate surface area is 165 Å². The SMILES string of the molecule is O=C(Oc1coc(CN2CCc3ccccc32)cc1=O)c1ccc([N+](=O)[O-])cc1. The van der Waals surface area contributed by atoms with Crippen molar-refractivity contribution in [2.45, 2.75) is 13.0 Å². The Morgan fingerprint density at radius 3 is 2.66 bits per heavy atom. The highest BCUT2D eigenvalue weighted by atomic mass is 16.6. The molecule has 8 nitrogen and oxygen atoms in total. The summed E-state index contributed by atoms with van der Waals surface area (Å²) in [6.07, 6.45) is 2.05. The highest BCUT2D eigenvalue weighted by molar-refractivity contribution is 5.91. The minimum Gasteiger partial charge on any atom is -0.463 e. The lowest BCUT2D eigenvalue weighted by Crippen LogP contribution is -2.21. The number of hydrogen-bond acceptors (Lipinski definition) is 7. The van der Waals surface area contributed by atoms with Gasteiger partial charge < -0.3 is 14.1 Å². The van der Waals surface area contributed by atoms with E-state index in [1.165, 1.54) is 35.9 Å². The maximum absolute atomic E-state index is 12.3. The summed E-state index contributed by atoms with van der Waals surface area (Å²) < 4.78 is 10.6. The highest BCUT2D eigenvalue weighted by Crippen LogP contribution is 2.28. The number of nitro groups is 1. The van der Waals surface area contributed by atoms with Crippen LogP contribution < -0.4 is 15.1 Å². The third-order valence-corrected chi connectivity index (χ3v) is 4.70. The van der Waals surface area contributed by atoms with E-state index in [-0.39, 0.29) is 17.0 Å². The van der Waals surface area contributed by atoms with Gasteiger partial charge in [0, 0.05) is 30.4 Å². The summed E-state index contributed by atoms with van der Waals surface area (Å²) in [5.41, 5.74) is 1.84. The van der Waals surface area contributed by atoms with Gasteiger partial charge in [-0.25, -0.2) is 4.79 Å². The molecule has 0 unspecified atom stereocenters. The molecular formula is C21H16N2O6. The topological polar surface area (TPSA) is 103 Å². The summed E-state index contributed by atoms with van der Waals surface area (Å²) in [5, 5.41) is 10.7. The molecule has 1 aliphatic rings. The van der Waals surface area contributed by atoms with Crippen LogP contribution in [0.1, 0.15) is 21.7 Å². The predicted octanol–water partition coefficient (Wildman–Crippen LogP) is 3.33. The largest absolute Gasteiger partial charge is 0.463 e.